The van der Waals surface area contributed by atoms with Crippen LogP contribution in [-0.2, 0) is 62.0 Å². The van der Waals surface area contributed by atoms with Crippen molar-refractivity contribution in [3.05, 3.63) is 60.2 Å². The van der Waals surface area contributed by atoms with Crippen LogP contribution in [0.25, 0.3) is 0 Å². The zero-order valence-corrected chi connectivity index (χ0v) is 30.1. The Morgan fingerprint density at radius 1 is 0.686 bits per heavy atom. The SMILES string of the molecule is C=C1[C@H](OC(C)=O)[C@H]2[C@@H](OC(=O)c3ccccc3)[C@](C)(OC(C)=O)C[C@]2(OC(C)=O)C(=O)[C@@H](C)C=CC(C)(C)C(=O)[C@H](OC(C)=O)[C@H]1OC(C)=O. The topological polar surface area (TPSA) is 192 Å². The van der Waals surface area contributed by atoms with Crippen molar-refractivity contribution in [1.29, 1.82) is 0 Å². The van der Waals surface area contributed by atoms with E-state index in [-0.39, 0.29) is 5.56 Å². The number of ether oxygens (including phenoxy) is 6. The standard InChI is InChI=1S/C37H44O14/c1-19-16-17-35(8,9)32(44)30(48-23(5)40)29(47-22(4)39)20(2)28(46-21(3)38)27-33(49-34(45)26-14-12-11-13-15-26)36(10,50-24(6)41)18-37(27,31(19)43)51-25(7)42/h11-17,19,27-30,33H,2,18H2,1,3-10H3/t19-,27-,28-,29-,30+,33+,36+,37+/m0/s1. The monoisotopic (exact) mass is 712 g/mol. The van der Waals surface area contributed by atoms with Gasteiger partial charge in [0.25, 0.3) is 0 Å². The molecule has 0 unspecified atom stereocenters. The number of esters is 6. The summed E-state index contributed by atoms with van der Waals surface area (Å²) >= 11 is 0. The Kier molecular flexibility index (Phi) is 12.2. The summed E-state index contributed by atoms with van der Waals surface area (Å²) in [5, 5.41) is 0. The maximum atomic E-state index is 14.9. The second kappa shape index (κ2) is 15.4. The van der Waals surface area contributed by atoms with Crippen LogP contribution in [0.4, 0.5) is 0 Å². The fourth-order valence-electron chi connectivity index (χ4n) is 6.78. The molecule has 0 bridgehead atoms. The summed E-state index contributed by atoms with van der Waals surface area (Å²) in [5.41, 5.74) is -6.18. The minimum atomic E-state index is -2.39. The van der Waals surface area contributed by atoms with Gasteiger partial charge < -0.3 is 28.4 Å². The lowest BCUT2D eigenvalue weighted by Crippen LogP contribution is -2.58. The lowest BCUT2D eigenvalue weighted by Gasteiger charge is -2.42. The first kappa shape index (κ1) is 40.3. The largest absolute Gasteiger partial charge is 0.457 e. The van der Waals surface area contributed by atoms with Gasteiger partial charge in [-0.05, 0) is 32.9 Å². The number of Topliss-reactive ketones (excluding diaryl/α,β-unsaturated/α-hetero) is 2. The van der Waals surface area contributed by atoms with E-state index in [2.05, 4.69) is 6.58 Å². The lowest BCUT2D eigenvalue weighted by molar-refractivity contribution is -0.185. The van der Waals surface area contributed by atoms with Gasteiger partial charge in [0.05, 0.1) is 11.5 Å². The van der Waals surface area contributed by atoms with Gasteiger partial charge in [0, 0.05) is 57.9 Å². The zero-order valence-electron chi connectivity index (χ0n) is 30.1. The predicted octanol–water partition coefficient (Wildman–Crippen LogP) is 3.58. The third-order valence-corrected chi connectivity index (χ3v) is 8.76. The second-order valence-corrected chi connectivity index (χ2v) is 13.5. The van der Waals surface area contributed by atoms with E-state index in [1.54, 1.807) is 18.2 Å². The van der Waals surface area contributed by atoms with E-state index < -0.39 is 112 Å². The van der Waals surface area contributed by atoms with E-state index >= 15 is 0 Å². The highest BCUT2D eigenvalue weighted by molar-refractivity contribution is 5.96. The molecule has 276 valence electrons. The van der Waals surface area contributed by atoms with Gasteiger partial charge in [-0.15, -0.1) is 0 Å². The molecule has 0 N–H and O–H groups in total. The Hall–Kier alpha value is -5.14. The number of hydrogen-bond donors (Lipinski definition) is 0. The van der Waals surface area contributed by atoms with Crippen molar-refractivity contribution in [1.82, 2.24) is 0 Å². The first-order chi connectivity index (χ1) is 23.6. The summed E-state index contributed by atoms with van der Waals surface area (Å²) in [6.45, 7) is 14.9. The number of allylic oxidation sites excluding steroid dienone is 2. The molecular formula is C37H44O14. The molecule has 51 heavy (non-hydrogen) atoms. The highest BCUT2D eigenvalue weighted by Gasteiger charge is 2.72. The van der Waals surface area contributed by atoms with Crippen LogP contribution in [0.1, 0.15) is 79.1 Å². The Balaban J connectivity index is 2.55. The van der Waals surface area contributed by atoms with Crippen molar-refractivity contribution in [3.8, 4) is 0 Å². The van der Waals surface area contributed by atoms with E-state index in [0.29, 0.717) is 0 Å². The number of ketones is 2. The van der Waals surface area contributed by atoms with Crippen molar-refractivity contribution in [2.45, 2.75) is 104 Å². The number of rotatable bonds is 7. The molecule has 1 aromatic carbocycles. The second-order valence-electron chi connectivity index (χ2n) is 13.5. The van der Waals surface area contributed by atoms with E-state index in [9.17, 15) is 38.4 Å². The van der Waals surface area contributed by atoms with E-state index in [1.807, 2.05) is 0 Å². The molecule has 1 fully saturated rings. The Bertz CT molecular complexity index is 1640. The maximum Gasteiger partial charge on any atom is 0.338 e. The molecule has 14 heteroatoms. The molecule has 8 atom stereocenters. The number of hydrogen-bond acceptors (Lipinski definition) is 14. The van der Waals surface area contributed by atoms with Gasteiger partial charge in [-0.25, -0.2) is 4.79 Å². The fraction of sp³-hybridized carbons (Fsp3) is 0.514. The van der Waals surface area contributed by atoms with Crippen LogP contribution >= 0.6 is 0 Å². The molecule has 2 aliphatic carbocycles. The Morgan fingerprint density at radius 2 is 1.20 bits per heavy atom. The van der Waals surface area contributed by atoms with Gasteiger partial charge in [-0.2, -0.15) is 0 Å². The predicted molar refractivity (Wildman–Crippen MR) is 176 cm³/mol. The van der Waals surface area contributed by atoms with Crippen molar-refractivity contribution in [3.63, 3.8) is 0 Å². The lowest BCUT2D eigenvalue weighted by atomic mass is 9.72. The summed E-state index contributed by atoms with van der Waals surface area (Å²) in [5.74, 6) is -10.2. The van der Waals surface area contributed by atoms with Gasteiger partial charge in [0.1, 0.15) is 6.10 Å². The Morgan fingerprint density at radius 3 is 1.71 bits per heavy atom. The molecule has 0 heterocycles. The van der Waals surface area contributed by atoms with Crippen LogP contribution in [0, 0.1) is 17.3 Å². The van der Waals surface area contributed by atoms with Gasteiger partial charge in [0.2, 0.25) is 6.10 Å². The molecule has 3 rings (SSSR count). The summed E-state index contributed by atoms with van der Waals surface area (Å²) < 4.78 is 34.6. The minimum Gasteiger partial charge on any atom is -0.457 e. The minimum absolute atomic E-state index is 0.0480. The summed E-state index contributed by atoms with van der Waals surface area (Å²) in [7, 11) is 0. The van der Waals surface area contributed by atoms with Crippen LogP contribution in [0.15, 0.2) is 54.6 Å². The van der Waals surface area contributed by atoms with E-state index in [0.717, 1.165) is 34.6 Å². The van der Waals surface area contributed by atoms with Crippen molar-refractivity contribution >= 4 is 47.4 Å². The number of benzene rings is 1. The van der Waals surface area contributed by atoms with Gasteiger partial charge in [-0.3, -0.25) is 33.6 Å². The first-order valence-corrected chi connectivity index (χ1v) is 16.2. The fourth-order valence-corrected chi connectivity index (χ4v) is 6.78. The van der Waals surface area contributed by atoms with Gasteiger partial charge in [0.15, 0.2) is 35.0 Å². The molecule has 0 amide bonds. The van der Waals surface area contributed by atoms with Crippen LogP contribution in [0.3, 0.4) is 0 Å². The van der Waals surface area contributed by atoms with Crippen molar-refractivity contribution < 1.29 is 66.8 Å². The molecule has 2 aliphatic rings. The number of fused-ring (bicyclic) bond motifs is 1. The summed E-state index contributed by atoms with van der Waals surface area (Å²) in [6.07, 6.45) is -5.23. The average Bonchev–Trinajstić information content (AvgIpc) is 3.24. The highest BCUT2D eigenvalue weighted by Crippen LogP contribution is 2.54. The molecule has 0 spiro atoms. The molecule has 14 nitrogen and oxygen atoms in total. The average molecular weight is 713 g/mol. The number of carbonyl (C=O) groups excluding carboxylic acids is 8. The van der Waals surface area contributed by atoms with Crippen LogP contribution < -0.4 is 0 Å². The normalized spacial score (nSPS) is 30.4. The van der Waals surface area contributed by atoms with Crippen molar-refractivity contribution in [2.75, 3.05) is 0 Å². The third kappa shape index (κ3) is 8.78. The first-order valence-electron chi connectivity index (χ1n) is 16.2. The van der Waals surface area contributed by atoms with Crippen LogP contribution in [0.5, 0.6) is 0 Å². The number of carbonyl (C=O) groups is 8. The Labute approximate surface area is 295 Å². The quantitative estimate of drug-likeness (QED) is 0.226. The van der Waals surface area contributed by atoms with Crippen molar-refractivity contribution in [2.24, 2.45) is 17.3 Å². The van der Waals surface area contributed by atoms with E-state index in [4.69, 9.17) is 28.4 Å². The molecular weight excluding hydrogens is 668 g/mol. The maximum absolute atomic E-state index is 14.9. The molecule has 0 aliphatic heterocycles. The molecule has 1 saturated carbocycles. The molecule has 1 aromatic rings. The highest BCUT2D eigenvalue weighted by atomic mass is 16.6. The molecule has 0 radical (unpaired) electrons. The van der Waals surface area contributed by atoms with Crippen LogP contribution in [-0.4, -0.2) is 83.0 Å². The third-order valence-electron chi connectivity index (χ3n) is 8.76. The molecule has 0 saturated heterocycles. The van der Waals surface area contributed by atoms with Gasteiger partial charge in [-0.1, -0.05) is 43.9 Å². The smallest absolute Gasteiger partial charge is 0.338 e. The van der Waals surface area contributed by atoms with Gasteiger partial charge >= 0.3 is 35.8 Å². The van der Waals surface area contributed by atoms with E-state index in [1.165, 1.54) is 52.0 Å². The summed E-state index contributed by atoms with van der Waals surface area (Å²) in [4.78, 5) is 106. The summed E-state index contributed by atoms with van der Waals surface area (Å²) in [6, 6.07) is 7.66. The zero-order chi connectivity index (χ0) is 38.6. The van der Waals surface area contributed by atoms with Crippen LogP contribution in [0.2, 0.25) is 0 Å². The molecule has 0 aromatic heterocycles.